The predicted octanol–water partition coefficient (Wildman–Crippen LogP) is 5.99. The minimum absolute atomic E-state index is 0.0506. The minimum atomic E-state index is -0.0506. The van der Waals surface area contributed by atoms with Crippen LogP contribution in [0.5, 0.6) is 0 Å². The molecule has 5 aromatic rings. The first-order valence-corrected chi connectivity index (χ1v) is 12.4. The van der Waals surface area contributed by atoms with Crippen LogP contribution in [0, 0.1) is 6.92 Å². The SMILES string of the molecule is Cc1ccc(Cn2c(=O)c3ccccc3n3c(SCc4ccc(C(C)(C)C)cc4)nnc23)cc1. The number of rotatable bonds is 5. The summed E-state index contributed by atoms with van der Waals surface area (Å²) in [5.41, 5.74) is 5.71. The zero-order chi connectivity index (χ0) is 23.9. The summed E-state index contributed by atoms with van der Waals surface area (Å²) in [7, 11) is 0. The van der Waals surface area contributed by atoms with Gasteiger partial charge in [0.25, 0.3) is 5.56 Å². The van der Waals surface area contributed by atoms with Crippen LogP contribution < -0.4 is 5.56 Å². The number of aryl methyl sites for hydroxylation is 1. The summed E-state index contributed by atoms with van der Waals surface area (Å²) < 4.78 is 3.74. The normalized spacial score (nSPS) is 12.0. The van der Waals surface area contributed by atoms with Crippen molar-refractivity contribution in [1.29, 1.82) is 0 Å². The lowest BCUT2D eigenvalue weighted by Gasteiger charge is -2.19. The van der Waals surface area contributed by atoms with Crippen molar-refractivity contribution in [2.24, 2.45) is 0 Å². The molecule has 0 unspecified atom stereocenters. The Labute approximate surface area is 203 Å². The van der Waals surface area contributed by atoms with Crippen LogP contribution in [0.15, 0.2) is 82.7 Å². The lowest BCUT2D eigenvalue weighted by atomic mass is 9.87. The Morgan fingerprint density at radius 2 is 1.53 bits per heavy atom. The number of para-hydroxylation sites is 1. The molecule has 0 N–H and O–H groups in total. The summed E-state index contributed by atoms with van der Waals surface area (Å²) in [4.78, 5) is 13.4. The second-order valence-corrected chi connectivity index (χ2v) is 10.7. The molecule has 5 rings (SSSR count). The third-order valence-corrected chi connectivity index (χ3v) is 7.13. The third-order valence-electron chi connectivity index (χ3n) is 6.13. The zero-order valence-corrected chi connectivity index (χ0v) is 20.8. The average molecular weight is 469 g/mol. The van der Waals surface area contributed by atoms with E-state index in [0.29, 0.717) is 17.7 Å². The summed E-state index contributed by atoms with van der Waals surface area (Å²) in [6.07, 6.45) is 0. The highest BCUT2D eigenvalue weighted by molar-refractivity contribution is 7.98. The van der Waals surface area contributed by atoms with E-state index in [1.165, 1.54) is 16.7 Å². The number of aromatic nitrogens is 4. The van der Waals surface area contributed by atoms with Crippen molar-refractivity contribution in [3.05, 3.63) is 105 Å². The maximum absolute atomic E-state index is 13.4. The molecule has 0 aliphatic carbocycles. The van der Waals surface area contributed by atoms with Crippen LogP contribution in [-0.4, -0.2) is 19.2 Å². The Morgan fingerprint density at radius 3 is 2.24 bits per heavy atom. The lowest BCUT2D eigenvalue weighted by molar-refractivity contribution is 0.590. The molecular formula is C28H28N4OS. The monoisotopic (exact) mass is 468 g/mol. The van der Waals surface area contributed by atoms with Crippen LogP contribution in [0.2, 0.25) is 0 Å². The highest BCUT2D eigenvalue weighted by Crippen LogP contribution is 2.27. The number of hydrogen-bond acceptors (Lipinski definition) is 4. The van der Waals surface area contributed by atoms with Gasteiger partial charge in [-0.2, -0.15) is 0 Å². The third kappa shape index (κ3) is 4.26. The summed E-state index contributed by atoms with van der Waals surface area (Å²) >= 11 is 1.63. The van der Waals surface area contributed by atoms with Gasteiger partial charge in [0.1, 0.15) is 0 Å². The first kappa shape index (κ1) is 22.4. The van der Waals surface area contributed by atoms with E-state index in [4.69, 9.17) is 0 Å². The van der Waals surface area contributed by atoms with E-state index in [9.17, 15) is 4.79 Å². The topological polar surface area (TPSA) is 52.2 Å². The summed E-state index contributed by atoms with van der Waals surface area (Å²) in [5, 5.41) is 10.4. The van der Waals surface area contributed by atoms with E-state index in [-0.39, 0.29) is 11.0 Å². The summed E-state index contributed by atoms with van der Waals surface area (Å²) in [6.45, 7) is 9.17. The second-order valence-electron chi connectivity index (χ2n) is 9.75. The highest BCUT2D eigenvalue weighted by atomic mass is 32.2. The highest BCUT2D eigenvalue weighted by Gasteiger charge is 2.17. The lowest BCUT2D eigenvalue weighted by Crippen LogP contribution is -2.24. The molecule has 2 aromatic heterocycles. The van der Waals surface area contributed by atoms with Gasteiger partial charge >= 0.3 is 0 Å². The minimum Gasteiger partial charge on any atom is -0.272 e. The zero-order valence-electron chi connectivity index (χ0n) is 19.9. The Bertz CT molecular complexity index is 1520. The molecule has 172 valence electrons. The molecule has 0 spiro atoms. The number of hydrogen-bond donors (Lipinski definition) is 0. The fourth-order valence-electron chi connectivity index (χ4n) is 4.09. The van der Waals surface area contributed by atoms with E-state index in [2.05, 4.69) is 86.4 Å². The molecule has 6 heteroatoms. The Hall–Kier alpha value is -3.38. The Kier molecular flexibility index (Phi) is 5.78. The van der Waals surface area contributed by atoms with Crippen LogP contribution >= 0.6 is 11.8 Å². The van der Waals surface area contributed by atoms with Crippen molar-refractivity contribution in [3.63, 3.8) is 0 Å². The van der Waals surface area contributed by atoms with E-state index in [1.807, 2.05) is 28.7 Å². The second kappa shape index (κ2) is 8.76. The molecule has 0 amide bonds. The van der Waals surface area contributed by atoms with Crippen molar-refractivity contribution in [1.82, 2.24) is 19.2 Å². The molecule has 0 atom stereocenters. The Balaban J connectivity index is 1.54. The molecule has 34 heavy (non-hydrogen) atoms. The van der Waals surface area contributed by atoms with Crippen LogP contribution in [0.25, 0.3) is 16.7 Å². The summed E-state index contributed by atoms with van der Waals surface area (Å²) in [5.74, 6) is 1.34. The molecule has 0 fully saturated rings. The van der Waals surface area contributed by atoms with Crippen LogP contribution in [0.1, 0.15) is 43.0 Å². The average Bonchev–Trinajstić information content (AvgIpc) is 3.25. The molecule has 0 aliphatic heterocycles. The molecule has 5 nitrogen and oxygen atoms in total. The largest absolute Gasteiger partial charge is 0.272 e. The van der Waals surface area contributed by atoms with Crippen LogP contribution in [-0.2, 0) is 17.7 Å². The maximum Gasteiger partial charge on any atom is 0.263 e. The van der Waals surface area contributed by atoms with E-state index < -0.39 is 0 Å². The fourth-order valence-corrected chi connectivity index (χ4v) is 4.99. The first-order valence-electron chi connectivity index (χ1n) is 11.5. The molecule has 3 aromatic carbocycles. The van der Waals surface area contributed by atoms with Gasteiger partial charge in [-0.25, -0.2) is 0 Å². The van der Waals surface area contributed by atoms with Gasteiger partial charge in [-0.1, -0.05) is 98.8 Å². The Morgan fingerprint density at radius 1 is 0.853 bits per heavy atom. The molecule has 2 heterocycles. The van der Waals surface area contributed by atoms with Gasteiger partial charge in [0, 0.05) is 5.75 Å². The predicted molar refractivity (Wildman–Crippen MR) is 140 cm³/mol. The summed E-state index contributed by atoms with van der Waals surface area (Å²) in [6, 6.07) is 24.7. The molecular weight excluding hydrogens is 440 g/mol. The quantitative estimate of drug-likeness (QED) is 0.297. The first-order chi connectivity index (χ1) is 16.3. The van der Waals surface area contributed by atoms with Crippen molar-refractivity contribution >= 4 is 28.4 Å². The van der Waals surface area contributed by atoms with Crippen molar-refractivity contribution in [2.45, 2.75) is 50.6 Å². The number of thioether (sulfide) groups is 1. The standard InChI is InChI=1S/C28H28N4OS/c1-19-9-11-20(12-10-19)17-31-25(33)23-7-5-6-8-24(23)32-26(31)29-30-27(32)34-18-21-13-15-22(16-14-21)28(2,3)4/h5-16H,17-18H2,1-4H3. The molecule has 0 aliphatic rings. The van der Waals surface area contributed by atoms with Gasteiger partial charge in [-0.15, -0.1) is 10.2 Å². The van der Waals surface area contributed by atoms with Gasteiger partial charge in [0.2, 0.25) is 5.78 Å². The van der Waals surface area contributed by atoms with Crippen molar-refractivity contribution in [2.75, 3.05) is 0 Å². The number of benzene rings is 3. The van der Waals surface area contributed by atoms with Crippen molar-refractivity contribution in [3.8, 4) is 0 Å². The van der Waals surface area contributed by atoms with E-state index in [0.717, 1.165) is 22.0 Å². The fraction of sp³-hybridized carbons (Fsp3) is 0.250. The molecule has 0 saturated heterocycles. The van der Waals surface area contributed by atoms with E-state index in [1.54, 1.807) is 16.3 Å². The van der Waals surface area contributed by atoms with Crippen molar-refractivity contribution < 1.29 is 0 Å². The smallest absolute Gasteiger partial charge is 0.263 e. The molecule has 0 radical (unpaired) electrons. The number of fused-ring (bicyclic) bond motifs is 3. The van der Waals surface area contributed by atoms with Gasteiger partial charge in [-0.3, -0.25) is 13.8 Å². The van der Waals surface area contributed by atoms with Gasteiger partial charge in [0.15, 0.2) is 5.16 Å². The molecule has 0 bridgehead atoms. The maximum atomic E-state index is 13.4. The van der Waals surface area contributed by atoms with E-state index >= 15 is 0 Å². The van der Waals surface area contributed by atoms with Crippen LogP contribution in [0.3, 0.4) is 0 Å². The van der Waals surface area contributed by atoms with Gasteiger partial charge in [0.05, 0.1) is 17.4 Å². The van der Waals surface area contributed by atoms with Crippen LogP contribution in [0.4, 0.5) is 0 Å². The van der Waals surface area contributed by atoms with Gasteiger partial charge < -0.3 is 0 Å². The molecule has 0 saturated carbocycles. The number of nitrogens with zero attached hydrogens (tertiary/aromatic N) is 4. The van der Waals surface area contributed by atoms with Gasteiger partial charge in [-0.05, 0) is 41.2 Å².